The first kappa shape index (κ1) is 15.1. The lowest BCUT2D eigenvalue weighted by Gasteiger charge is -2.29. The largest absolute Gasteiger partial charge is 0.398 e. The maximum absolute atomic E-state index is 11.7. The summed E-state index contributed by atoms with van der Waals surface area (Å²) in [7, 11) is 0. The maximum Gasteiger partial charge on any atom is 0.250 e. The molecule has 1 unspecified atom stereocenters. The first-order valence-electron chi connectivity index (χ1n) is 7.90. The Balaban J connectivity index is 1.87. The zero-order chi connectivity index (χ0) is 14.4. The SMILES string of the molecule is CCC1CCCCCN1CCCn1cc(N)ccc1=O. The van der Waals surface area contributed by atoms with Gasteiger partial charge in [-0.2, -0.15) is 0 Å². The Morgan fingerprint density at radius 2 is 2.10 bits per heavy atom. The third-order valence-corrected chi connectivity index (χ3v) is 4.32. The molecule has 2 rings (SSSR count). The summed E-state index contributed by atoms with van der Waals surface area (Å²) < 4.78 is 1.73. The molecule has 1 aliphatic rings. The molecule has 1 aromatic rings. The van der Waals surface area contributed by atoms with Crippen LogP contribution in [0.15, 0.2) is 23.1 Å². The van der Waals surface area contributed by atoms with Crippen LogP contribution in [0, 0.1) is 0 Å². The minimum atomic E-state index is 0.0436. The zero-order valence-electron chi connectivity index (χ0n) is 12.6. The molecule has 0 saturated carbocycles. The van der Waals surface area contributed by atoms with Gasteiger partial charge in [-0.15, -0.1) is 0 Å². The van der Waals surface area contributed by atoms with Crippen molar-refractivity contribution in [3.05, 3.63) is 28.7 Å². The number of aromatic nitrogens is 1. The second-order valence-electron chi connectivity index (χ2n) is 5.79. The molecule has 1 fully saturated rings. The van der Waals surface area contributed by atoms with Gasteiger partial charge in [0.2, 0.25) is 0 Å². The van der Waals surface area contributed by atoms with Crippen molar-refractivity contribution in [3.63, 3.8) is 0 Å². The van der Waals surface area contributed by atoms with Crippen LogP contribution in [0.2, 0.25) is 0 Å². The van der Waals surface area contributed by atoms with Crippen LogP contribution < -0.4 is 11.3 Å². The van der Waals surface area contributed by atoms with Gasteiger partial charge in [0.15, 0.2) is 0 Å². The molecule has 0 spiro atoms. The van der Waals surface area contributed by atoms with E-state index in [0.717, 1.165) is 25.6 Å². The first-order chi connectivity index (χ1) is 9.70. The van der Waals surface area contributed by atoms with Crippen molar-refractivity contribution >= 4 is 5.69 Å². The molecule has 1 saturated heterocycles. The third-order valence-electron chi connectivity index (χ3n) is 4.32. The standard InChI is InChI=1S/C16H27N3O/c1-2-15-7-4-3-5-10-18(15)11-6-12-19-13-14(17)8-9-16(19)20/h8-9,13,15H,2-7,10-12,17H2,1H3. The van der Waals surface area contributed by atoms with E-state index in [9.17, 15) is 4.79 Å². The van der Waals surface area contributed by atoms with E-state index >= 15 is 0 Å². The number of rotatable bonds is 5. The van der Waals surface area contributed by atoms with Gasteiger partial charge in [0, 0.05) is 37.1 Å². The minimum absolute atomic E-state index is 0.0436. The number of pyridine rings is 1. The van der Waals surface area contributed by atoms with Gasteiger partial charge in [-0.3, -0.25) is 4.79 Å². The molecule has 20 heavy (non-hydrogen) atoms. The molecule has 1 aromatic heterocycles. The van der Waals surface area contributed by atoms with Gasteiger partial charge in [0.05, 0.1) is 0 Å². The topological polar surface area (TPSA) is 51.3 Å². The highest BCUT2D eigenvalue weighted by Gasteiger charge is 2.18. The molecule has 0 aliphatic carbocycles. The molecule has 4 nitrogen and oxygen atoms in total. The molecule has 2 heterocycles. The van der Waals surface area contributed by atoms with E-state index in [-0.39, 0.29) is 5.56 Å². The van der Waals surface area contributed by atoms with Crippen molar-refractivity contribution < 1.29 is 0 Å². The maximum atomic E-state index is 11.7. The highest BCUT2D eigenvalue weighted by atomic mass is 16.1. The van der Waals surface area contributed by atoms with E-state index in [2.05, 4.69) is 11.8 Å². The fourth-order valence-electron chi connectivity index (χ4n) is 3.16. The fourth-order valence-corrected chi connectivity index (χ4v) is 3.16. The summed E-state index contributed by atoms with van der Waals surface area (Å²) >= 11 is 0. The molecule has 0 radical (unpaired) electrons. The van der Waals surface area contributed by atoms with Crippen LogP contribution in [0.3, 0.4) is 0 Å². The predicted octanol–water partition coefficient (Wildman–Crippen LogP) is 2.48. The van der Waals surface area contributed by atoms with Gasteiger partial charge in [-0.1, -0.05) is 19.8 Å². The molecule has 0 amide bonds. The van der Waals surface area contributed by atoms with E-state index in [4.69, 9.17) is 5.73 Å². The smallest absolute Gasteiger partial charge is 0.250 e. The molecular formula is C16H27N3O. The van der Waals surface area contributed by atoms with Gasteiger partial charge in [0.25, 0.3) is 5.56 Å². The Hall–Kier alpha value is -1.29. The summed E-state index contributed by atoms with van der Waals surface area (Å²) in [6.45, 7) is 5.34. The van der Waals surface area contributed by atoms with Gasteiger partial charge in [-0.25, -0.2) is 0 Å². The Morgan fingerprint density at radius 1 is 1.25 bits per heavy atom. The second kappa shape index (κ2) is 7.48. The van der Waals surface area contributed by atoms with Crippen molar-refractivity contribution in [1.82, 2.24) is 9.47 Å². The molecule has 2 N–H and O–H groups in total. The number of anilines is 1. The van der Waals surface area contributed by atoms with Crippen LogP contribution in [0.1, 0.15) is 45.4 Å². The minimum Gasteiger partial charge on any atom is -0.398 e. The van der Waals surface area contributed by atoms with E-state index < -0.39 is 0 Å². The molecule has 4 heteroatoms. The van der Waals surface area contributed by atoms with Crippen LogP contribution in [-0.2, 0) is 6.54 Å². The molecular weight excluding hydrogens is 250 g/mol. The Kier molecular flexibility index (Phi) is 5.65. The van der Waals surface area contributed by atoms with Crippen LogP contribution in [0.25, 0.3) is 0 Å². The molecule has 1 atom stereocenters. The number of likely N-dealkylation sites (tertiary alicyclic amines) is 1. The van der Waals surface area contributed by atoms with Crippen LogP contribution in [0.4, 0.5) is 5.69 Å². The number of nitrogens with two attached hydrogens (primary N) is 1. The van der Waals surface area contributed by atoms with Crippen molar-refractivity contribution in [2.75, 3.05) is 18.8 Å². The number of nitrogen functional groups attached to an aromatic ring is 1. The molecule has 0 aromatic carbocycles. The quantitative estimate of drug-likeness (QED) is 0.899. The van der Waals surface area contributed by atoms with E-state index in [1.807, 2.05) is 0 Å². The number of nitrogens with zero attached hydrogens (tertiary/aromatic N) is 2. The van der Waals surface area contributed by atoms with Gasteiger partial charge >= 0.3 is 0 Å². The van der Waals surface area contributed by atoms with E-state index in [0.29, 0.717) is 5.69 Å². The summed E-state index contributed by atoms with van der Waals surface area (Å²) in [5.74, 6) is 0. The van der Waals surface area contributed by atoms with Gasteiger partial charge in [-0.05, 0) is 38.3 Å². The lowest BCUT2D eigenvalue weighted by Crippen LogP contribution is -2.36. The second-order valence-corrected chi connectivity index (χ2v) is 5.79. The van der Waals surface area contributed by atoms with Crippen molar-refractivity contribution in [3.8, 4) is 0 Å². The highest BCUT2D eigenvalue weighted by molar-refractivity contribution is 5.33. The number of aryl methyl sites for hydroxylation is 1. The van der Waals surface area contributed by atoms with Crippen LogP contribution in [0.5, 0.6) is 0 Å². The van der Waals surface area contributed by atoms with Gasteiger partial charge in [0.1, 0.15) is 0 Å². The number of hydrogen-bond donors (Lipinski definition) is 1. The lowest BCUT2D eigenvalue weighted by atomic mass is 10.1. The Bertz CT molecular complexity index is 469. The van der Waals surface area contributed by atoms with Crippen LogP contribution >= 0.6 is 0 Å². The molecule has 1 aliphatic heterocycles. The Morgan fingerprint density at radius 3 is 2.90 bits per heavy atom. The average Bonchev–Trinajstić information content (AvgIpc) is 2.67. The zero-order valence-corrected chi connectivity index (χ0v) is 12.6. The summed E-state index contributed by atoms with van der Waals surface area (Å²) in [5.41, 5.74) is 6.44. The summed E-state index contributed by atoms with van der Waals surface area (Å²) in [6.07, 6.45) is 9.37. The first-order valence-corrected chi connectivity index (χ1v) is 7.90. The van der Waals surface area contributed by atoms with Gasteiger partial charge < -0.3 is 15.2 Å². The fraction of sp³-hybridized carbons (Fsp3) is 0.688. The molecule has 0 bridgehead atoms. The molecule has 112 valence electrons. The average molecular weight is 277 g/mol. The lowest BCUT2D eigenvalue weighted by molar-refractivity contribution is 0.189. The third kappa shape index (κ3) is 4.10. The summed E-state index contributed by atoms with van der Waals surface area (Å²) in [4.78, 5) is 14.3. The normalized spacial score (nSPS) is 20.8. The Labute approximate surface area is 121 Å². The van der Waals surface area contributed by atoms with E-state index in [1.165, 1.54) is 38.6 Å². The van der Waals surface area contributed by atoms with E-state index in [1.54, 1.807) is 22.9 Å². The van der Waals surface area contributed by atoms with Crippen molar-refractivity contribution in [2.45, 2.75) is 58.0 Å². The van der Waals surface area contributed by atoms with Crippen molar-refractivity contribution in [2.24, 2.45) is 0 Å². The van der Waals surface area contributed by atoms with Crippen molar-refractivity contribution in [1.29, 1.82) is 0 Å². The summed E-state index contributed by atoms with van der Waals surface area (Å²) in [5, 5.41) is 0. The van der Waals surface area contributed by atoms with Crippen LogP contribution in [-0.4, -0.2) is 28.6 Å². The predicted molar refractivity (Wildman–Crippen MR) is 83.9 cm³/mol. The highest BCUT2D eigenvalue weighted by Crippen LogP contribution is 2.19. The summed E-state index contributed by atoms with van der Waals surface area (Å²) in [6, 6.07) is 3.95. The number of hydrogen-bond acceptors (Lipinski definition) is 3. The monoisotopic (exact) mass is 277 g/mol.